The van der Waals surface area contributed by atoms with E-state index < -0.39 is 15.8 Å². The van der Waals surface area contributed by atoms with Gasteiger partial charge >= 0.3 is 0 Å². The third kappa shape index (κ3) is 5.86. The zero-order valence-corrected chi connectivity index (χ0v) is 27.6. The Morgan fingerprint density at radius 1 is 0.277 bits per heavy atom. The molecular weight excluding hydrogens is 606 g/mol. The van der Waals surface area contributed by atoms with Gasteiger partial charge < -0.3 is 4.74 Å². The summed E-state index contributed by atoms with van der Waals surface area (Å²) in [6.07, 6.45) is 0. The molecule has 8 aromatic rings. The van der Waals surface area contributed by atoms with E-state index in [-0.39, 0.29) is 0 Å². The second kappa shape index (κ2) is 13.4. The Morgan fingerprint density at radius 2 is 0.574 bits per heavy atom. The summed E-state index contributed by atoms with van der Waals surface area (Å²) in [4.78, 5) is 0. The first kappa shape index (κ1) is 29.3. The second-order valence-corrected chi connectivity index (χ2v) is 15.8. The smallest absolute Gasteiger partial charge is 0.143 e. The van der Waals surface area contributed by atoms with Gasteiger partial charge in [-0.05, 0) is 60.0 Å². The molecule has 0 amide bonds. The minimum absolute atomic E-state index is 0.912. The van der Waals surface area contributed by atoms with Crippen LogP contribution in [-0.4, -0.2) is 0 Å². The molecule has 0 aromatic heterocycles. The summed E-state index contributed by atoms with van der Waals surface area (Å²) >= 11 is 0. The molecule has 0 heterocycles. The van der Waals surface area contributed by atoms with E-state index >= 15 is 0 Å². The van der Waals surface area contributed by atoms with Gasteiger partial charge in [-0.1, -0.05) is 182 Å². The standard InChI is InChI=1S/C44H32OP2/c1-5-19-35(20-6-1)46(36-21-7-2-8-22-36)41-31-29-33-17-13-15-27-39(33)43(41)45-44-40-28-16-14-18-34(40)30-32-42(44)47(37-23-9-3-10-24-37)38-25-11-4-12-26-38/h1-32H. The van der Waals surface area contributed by atoms with Gasteiger partial charge in [-0.2, -0.15) is 0 Å². The molecule has 0 saturated carbocycles. The largest absolute Gasteiger partial charge is 0.455 e. The van der Waals surface area contributed by atoms with Crippen LogP contribution in [0.5, 0.6) is 11.5 Å². The van der Waals surface area contributed by atoms with Crippen molar-refractivity contribution in [3.8, 4) is 11.5 Å². The number of ether oxygens (including phenoxy) is 1. The monoisotopic (exact) mass is 638 g/mol. The number of fused-ring (bicyclic) bond motifs is 2. The van der Waals surface area contributed by atoms with Gasteiger partial charge in [0.25, 0.3) is 0 Å². The maximum atomic E-state index is 7.55. The van der Waals surface area contributed by atoms with E-state index in [2.05, 4.69) is 194 Å². The van der Waals surface area contributed by atoms with E-state index in [0.717, 1.165) is 33.0 Å². The summed E-state index contributed by atoms with van der Waals surface area (Å²) < 4.78 is 7.55. The molecule has 0 N–H and O–H groups in total. The molecule has 0 fully saturated rings. The zero-order valence-electron chi connectivity index (χ0n) is 25.8. The van der Waals surface area contributed by atoms with Crippen molar-refractivity contribution in [2.75, 3.05) is 0 Å². The highest BCUT2D eigenvalue weighted by atomic mass is 31.1. The molecule has 0 aliphatic rings. The number of rotatable bonds is 8. The zero-order chi connectivity index (χ0) is 31.4. The molecule has 0 aliphatic heterocycles. The molecule has 0 spiro atoms. The Bertz CT molecular complexity index is 2030. The van der Waals surface area contributed by atoms with Crippen molar-refractivity contribution in [3.05, 3.63) is 194 Å². The molecule has 47 heavy (non-hydrogen) atoms. The molecule has 0 bridgehead atoms. The average molecular weight is 639 g/mol. The van der Waals surface area contributed by atoms with Crippen LogP contribution in [0.1, 0.15) is 0 Å². The van der Waals surface area contributed by atoms with E-state index in [1.165, 1.54) is 31.8 Å². The molecule has 0 atom stereocenters. The Balaban J connectivity index is 1.41. The van der Waals surface area contributed by atoms with Gasteiger partial charge in [0.15, 0.2) is 0 Å². The predicted molar refractivity (Wildman–Crippen MR) is 205 cm³/mol. The first-order valence-electron chi connectivity index (χ1n) is 15.9. The lowest BCUT2D eigenvalue weighted by Gasteiger charge is -2.26. The molecule has 3 heteroatoms. The van der Waals surface area contributed by atoms with E-state index in [4.69, 9.17) is 4.74 Å². The van der Waals surface area contributed by atoms with Crippen molar-refractivity contribution in [1.29, 1.82) is 0 Å². The molecule has 0 radical (unpaired) electrons. The minimum atomic E-state index is -0.912. The van der Waals surface area contributed by atoms with Crippen LogP contribution >= 0.6 is 15.8 Å². The summed E-state index contributed by atoms with van der Waals surface area (Å²) in [5.74, 6) is 1.85. The Morgan fingerprint density at radius 3 is 0.915 bits per heavy atom. The van der Waals surface area contributed by atoms with Gasteiger partial charge in [-0.15, -0.1) is 0 Å². The van der Waals surface area contributed by atoms with E-state index in [9.17, 15) is 0 Å². The van der Waals surface area contributed by atoms with Crippen molar-refractivity contribution in [2.45, 2.75) is 0 Å². The third-order valence-electron chi connectivity index (χ3n) is 8.46. The van der Waals surface area contributed by atoms with Gasteiger partial charge in [0.2, 0.25) is 0 Å². The van der Waals surface area contributed by atoms with Crippen molar-refractivity contribution < 1.29 is 4.74 Å². The fourth-order valence-electron chi connectivity index (χ4n) is 6.29. The van der Waals surface area contributed by atoms with Gasteiger partial charge in [-0.25, -0.2) is 0 Å². The normalized spacial score (nSPS) is 11.4. The fourth-order valence-corrected chi connectivity index (χ4v) is 11.1. The molecule has 0 aliphatic carbocycles. The Hall–Kier alpha value is -5.06. The predicted octanol–water partition coefficient (Wildman–Crippen LogP) is 9.30. The highest BCUT2D eigenvalue weighted by molar-refractivity contribution is 7.80. The van der Waals surface area contributed by atoms with Crippen LogP contribution < -0.4 is 36.6 Å². The van der Waals surface area contributed by atoms with E-state index in [1.54, 1.807) is 0 Å². The van der Waals surface area contributed by atoms with Crippen molar-refractivity contribution in [2.24, 2.45) is 0 Å². The molecular formula is C44H32OP2. The quantitative estimate of drug-likeness (QED) is 0.151. The maximum absolute atomic E-state index is 7.55. The van der Waals surface area contributed by atoms with Gasteiger partial charge in [-0.3, -0.25) is 0 Å². The minimum Gasteiger partial charge on any atom is -0.455 e. The lowest BCUT2D eigenvalue weighted by molar-refractivity contribution is 0.502. The Kier molecular flexibility index (Phi) is 8.34. The first-order valence-corrected chi connectivity index (χ1v) is 18.6. The molecule has 0 unspecified atom stereocenters. The molecule has 1 nitrogen and oxygen atoms in total. The highest BCUT2D eigenvalue weighted by Crippen LogP contribution is 2.45. The van der Waals surface area contributed by atoms with Gasteiger partial charge in [0.05, 0.1) is 0 Å². The number of hydrogen-bond donors (Lipinski definition) is 0. The SMILES string of the molecule is c1ccc(P(c2ccccc2)c2ccc3ccccc3c2Oc2c(P(c3ccccc3)c3ccccc3)ccc3ccccc23)cc1. The third-order valence-corrected chi connectivity index (χ3v) is 13.4. The van der Waals surface area contributed by atoms with E-state index in [0.29, 0.717) is 0 Å². The van der Waals surface area contributed by atoms with Gasteiger partial charge in [0.1, 0.15) is 11.5 Å². The number of benzene rings is 8. The topological polar surface area (TPSA) is 9.23 Å². The fraction of sp³-hybridized carbons (Fsp3) is 0. The molecule has 0 saturated heterocycles. The number of hydrogen-bond acceptors (Lipinski definition) is 1. The van der Waals surface area contributed by atoms with Crippen LogP contribution in [0, 0.1) is 0 Å². The van der Waals surface area contributed by atoms with Crippen molar-refractivity contribution in [1.82, 2.24) is 0 Å². The lowest BCUT2D eigenvalue weighted by atomic mass is 10.1. The van der Waals surface area contributed by atoms with Crippen molar-refractivity contribution in [3.63, 3.8) is 0 Å². The summed E-state index contributed by atoms with van der Waals surface area (Å²) in [6, 6.07) is 69.9. The van der Waals surface area contributed by atoms with Gasteiger partial charge in [0, 0.05) is 21.4 Å². The summed E-state index contributed by atoms with van der Waals surface area (Å²) in [7, 11) is -1.82. The lowest BCUT2D eigenvalue weighted by Crippen LogP contribution is -2.24. The van der Waals surface area contributed by atoms with E-state index in [1.807, 2.05) is 0 Å². The molecule has 8 aromatic carbocycles. The first-order chi connectivity index (χ1) is 23.3. The van der Waals surface area contributed by atoms with Crippen LogP contribution in [0.25, 0.3) is 21.5 Å². The van der Waals surface area contributed by atoms with Crippen LogP contribution in [0.3, 0.4) is 0 Å². The van der Waals surface area contributed by atoms with Crippen LogP contribution in [0.2, 0.25) is 0 Å². The average Bonchev–Trinajstić information content (AvgIpc) is 3.15. The van der Waals surface area contributed by atoms with Crippen LogP contribution in [-0.2, 0) is 0 Å². The molecule has 8 rings (SSSR count). The maximum Gasteiger partial charge on any atom is 0.143 e. The second-order valence-electron chi connectivity index (χ2n) is 11.4. The summed E-state index contributed by atoms with van der Waals surface area (Å²) in [6.45, 7) is 0. The van der Waals surface area contributed by atoms with Crippen molar-refractivity contribution >= 4 is 69.2 Å². The van der Waals surface area contributed by atoms with Crippen LogP contribution in [0.15, 0.2) is 194 Å². The molecule has 224 valence electrons. The van der Waals surface area contributed by atoms with Crippen LogP contribution in [0.4, 0.5) is 0 Å². The Labute approximate surface area is 278 Å². The highest BCUT2D eigenvalue weighted by Gasteiger charge is 2.26. The summed E-state index contributed by atoms with van der Waals surface area (Å²) in [5, 5.41) is 12.2. The summed E-state index contributed by atoms with van der Waals surface area (Å²) in [5.41, 5.74) is 0.